The maximum Gasteiger partial charge on any atom is 0.256 e. The fourth-order valence-electron chi connectivity index (χ4n) is 3.25. The molecular formula is C22H25FN2O3. The number of rotatable bonds is 5. The summed E-state index contributed by atoms with van der Waals surface area (Å²) in [4.78, 5) is 28.9. The summed E-state index contributed by atoms with van der Waals surface area (Å²) in [5, 5.41) is 0. The first-order chi connectivity index (χ1) is 13.6. The van der Waals surface area contributed by atoms with Crippen LogP contribution in [0.1, 0.15) is 40.5 Å². The largest absolute Gasteiger partial charge is 0.494 e. The number of benzene rings is 2. The van der Waals surface area contributed by atoms with E-state index in [1.165, 1.54) is 12.1 Å². The standard InChI is InChI=1S/C22H25FN2O3/c1-2-15-28-18-8-5-7-17(16-18)21(26)24-11-6-12-25(14-13-24)22(27)19-9-3-4-10-20(19)23/h3-5,7-10,16H,2,6,11-15H2,1H3. The van der Waals surface area contributed by atoms with Gasteiger partial charge in [0.2, 0.25) is 0 Å². The third kappa shape index (κ3) is 4.68. The summed E-state index contributed by atoms with van der Waals surface area (Å²) in [7, 11) is 0. The molecule has 2 aromatic carbocycles. The van der Waals surface area contributed by atoms with Gasteiger partial charge in [-0.3, -0.25) is 9.59 Å². The summed E-state index contributed by atoms with van der Waals surface area (Å²) in [6, 6.07) is 13.2. The molecule has 0 saturated carbocycles. The van der Waals surface area contributed by atoms with E-state index in [9.17, 15) is 14.0 Å². The van der Waals surface area contributed by atoms with Gasteiger partial charge in [-0.1, -0.05) is 25.1 Å². The quantitative estimate of drug-likeness (QED) is 0.791. The molecule has 0 spiro atoms. The molecule has 5 nitrogen and oxygen atoms in total. The van der Waals surface area contributed by atoms with Crippen molar-refractivity contribution in [3.63, 3.8) is 0 Å². The normalized spacial score (nSPS) is 14.5. The highest BCUT2D eigenvalue weighted by molar-refractivity contribution is 5.95. The Morgan fingerprint density at radius 3 is 2.39 bits per heavy atom. The molecule has 0 unspecified atom stereocenters. The van der Waals surface area contributed by atoms with Gasteiger partial charge in [0, 0.05) is 31.7 Å². The van der Waals surface area contributed by atoms with Crippen molar-refractivity contribution >= 4 is 11.8 Å². The van der Waals surface area contributed by atoms with Gasteiger partial charge >= 0.3 is 0 Å². The molecule has 1 aliphatic rings. The van der Waals surface area contributed by atoms with Crippen molar-refractivity contribution in [2.75, 3.05) is 32.8 Å². The number of carbonyl (C=O) groups excluding carboxylic acids is 2. The molecule has 0 aromatic heterocycles. The average Bonchev–Trinajstić information content (AvgIpc) is 2.98. The Kier molecular flexibility index (Phi) is 6.63. The van der Waals surface area contributed by atoms with Gasteiger partial charge < -0.3 is 14.5 Å². The van der Waals surface area contributed by atoms with Gasteiger partial charge in [0.1, 0.15) is 11.6 Å². The van der Waals surface area contributed by atoms with Crippen LogP contribution in [0.15, 0.2) is 48.5 Å². The lowest BCUT2D eigenvalue weighted by molar-refractivity contribution is 0.0716. The van der Waals surface area contributed by atoms with Crippen LogP contribution in [0.3, 0.4) is 0 Å². The Morgan fingerprint density at radius 1 is 0.964 bits per heavy atom. The minimum atomic E-state index is -0.520. The van der Waals surface area contributed by atoms with Gasteiger partial charge in [-0.2, -0.15) is 0 Å². The Morgan fingerprint density at radius 2 is 1.68 bits per heavy atom. The maximum atomic E-state index is 13.9. The molecule has 2 aromatic rings. The summed E-state index contributed by atoms with van der Waals surface area (Å²) in [6.45, 7) is 4.48. The Labute approximate surface area is 164 Å². The fraction of sp³-hybridized carbons (Fsp3) is 0.364. The van der Waals surface area contributed by atoms with E-state index in [-0.39, 0.29) is 17.4 Å². The van der Waals surface area contributed by atoms with Crippen LogP contribution in [0, 0.1) is 5.82 Å². The zero-order valence-electron chi connectivity index (χ0n) is 16.1. The molecule has 1 saturated heterocycles. The van der Waals surface area contributed by atoms with Crippen LogP contribution >= 0.6 is 0 Å². The van der Waals surface area contributed by atoms with Gasteiger partial charge in [0.25, 0.3) is 11.8 Å². The molecule has 0 radical (unpaired) electrons. The maximum absolute atomic E-state index is 13.9. The van der Waals surface area contributed by atoms with Gasteiger partial charge in [0.05, 0.1) is 12.2 Å². The molecular weight excluding hydrogens is 359 g/mol. The lowest BCUT2D eigenvalue weighted by atomic mass is 10.2. The zero-order chi connectivity index (χ0) is 19.9. The predicted octanol–water partition coefficient (Wildman–Crippen LogP) is 3.60. The summed E-state index contributed by atoms with van der Waals surface area (Å²) < 4.78 is 19.5. The van der Waals surface area contributed by atoms with Crippen molar-refractivity contribution in [1.29, 1.82) is 0 Å². The van der Waals surface area contributed by atoms with Gasteiger partial charge in [-0.15, -0.1) is 0 Å². The van der Waals surface area contributed by atoms with E-state index in [0.29, 0.717) is 50.5 Å². The molecule has 0 bridgehead atoms. The number of hydrogen-bond acceptors (Lipinski definition) is 3. The van der Waals surface area contributed by atoms with Crippen LogP contribution in [-0.2, 0) is 0 Å². The Hall–Kier alpha value is -2.89. The van der Waals surface area contributed by atoms with E-state index in [1.807, 2.05) is 19.1 Å². The van der Waals surface area contributed by atoms with Crippen molar-refractivity contribution in [3.8, 4) is 5.75 Å². The van der Waals surface area contributed by atoms with E-state index in [1.54, 1.807) is 34.1 Å². The number of carbonyl (C=O) groups is 2. The van der Waals surface area contributed by atoms with Crippen molar-refractivity contribution < 1.29 is 18.7 Å². The lowest BCUT2D eigenvalue weighted by Gasteiger charge is -2.22. The fourth-order valence-corrected chi connectivity index (χ4v) is 3.25. The number of halogens is 1. The van der Waals surface area contributed by atoms with Gasteiger partial charge in [-0.05, 0) is 43.2 Å². The molecule has 0 aliphatic carbocycles. The molecule has 0 atom stereocenters. The first-order valence-electron chi connectivity index (χ1n) is 9.66. The van der Waals surface area contributed by atoms with E-state index in [2.05, 4.69) is 0 Å². The topological polar surface area (TPSA) is 49.9 Å². The molecule has 1 aliphatic heterocycles. The smallest absolute Gasteiger partial charge is 0.256 e. The Bertz CT molecular complexity index is 840. The monoisotopic (exact) mass is 384 g/mol. The van der Waals surface area contributed by atoms with Crippen LogP contribution in [0.5, 0.6) is 5.75 Å². The van der Waals surface area contributed by atoms with Crippen LogP contribution in [0.4, 0.5) is 4.39 Å². The van der Waals surface area contributed by atoms with Gasteiger partial charge in [-0.25, -0.2) is 4.39 Å². The molecule has 1 heterocycles. The lowest BCUT2D eigenvalue weighted by Crippen LogP contribution is -2.37. The van der Waals surface area contributed by atoms with E-state index in [4.69, 9.17) is 4.74 Å². The number of hydrogen-bond donors (Lipinski definition) is 0. The first kappa shape index (κ1) is 19.9. The summed E-state index contributed by atoms with van der Waals surface area (Å²) in [5.41, 5.74) is 0.644. The average molecular weight is 384 g/mol. The van der Waals surface area contributed by atoms with Crippen molar-refractivity contribution in [3.05, 3.63) is 65.5 Å². The van der Waals surface area contributed by atoms with Crippen molar-refractivity contribution in [2.45, 2.75) is 19.8 Å². The number of nitrogens with zero attached hydrogens (tertiary/aromatic N) is 2. The second-order valence-corrected chi connectivity index (χ2v) is 6.79. The molecule has 148 valence electrons. The first-order valence-corrected chi connectivity index (χ1v) is 9.66. The van der Waals surface area contributed by atoms with Crippen LogP contribution in [0.2, 0.25) is 0 Å². The summed E-state index contributed by atoms with van der Waals surface area (Å²) >= 11 is 0. The van der Waals surface area contributed by atoms with Crippen LogP contribution in [0.25, 0.3) is 0 Å². The minimum Gasteiger partial charge on any atom is -0.494 e. The molecule has 1 fully saturated rings. The van der Waals surface area contributed by atoms with Crippen LogP contribution < -0.4 is 4.74 Å². The number of ether oxygens (including phenoxy) is 1. The van der Waals surface area contributed by atoms with Crippen molar-refractivity contribution in [1.82, 2.24) is 9.80 Å². The molecule has 28 heavy (non-hydrogen) atoms. The second-order valence-electron chi connectivity index (χ2n) is 6.79. The minimum absolute atomic E-state index is 0.0723. The molecule has 2 amide bonds. The van der Waals surface area contributed by atoms with E-state index < -0.39 is 5.82 Å². The third-order valence-corrected chi connectivity index (χ3v) is 4.73. The summed E-state index contributed by atoms with van der Waals surface area (Å²) in [5.74, 6) is -0.253. The molecule has 6 heteroatoms. The Balaban J connectivity index is 1.66. The van der Waals surface area contributed by atoms with E-state index >= 15 is 0 Å². The van der Waals surface area contributed by atoms with Gasteiger partial charge in [0.15, 0.2) is 0 Å². The highest BCUT2D eigenvalue weighted by Crippen LogP contribution is 2.17. The third-order valence-electron chi connectivity index (χ3n) is 4.73. The molecule has 0 N–H and O–H groups in total. The number of amides is 2. The molecule has 3 rings (SSSR count). The van der Waals surface area contributed by atoms with Crippen molar-refractivity contribution in [2.24, 2.45) is 0 Å². The summed E-state index contributed by atoms with van der Waals surface area (Å²) in [6.07, 6.45) is 1.55. The van der Waals surface area contributed by atoms with Crippen LogP contribution in [-0.4, -0.2) is 54.4 Å². The highest BCUT2D eigenvalue weighted by atomic mass is 19.1. The SMILES string of the molecule is CCCOc1cccc(C(=O)N2CCCN(C(=O)c3ccccc3F)CC2)c1. The highest BCUT2D eigenvalue weighted by Gasteiger charge is 2.25. The van der Waals surface area contributed by atoms with E-state index in [0.717, 1.165) is 6.42 Å². The second kappa shape index (κ2) is 9.35. The predicted molar refractivity (Wildman–Crippen MR) is 105 cm³/mol. The zero-order valence-corrected chi connectivity index (χ0v) is 16.1.